The molecule has 2 aromatic rings. The minimum absolute atomic E-state index is 0.0471. The van der Waals surface area contributed by atoms with E-state index in [1.165, 1.54) is 11.0 Å². The highest BCUT2D eigenvalue weighted by atomic mass is 19.1. The van der Waals surface area contributed by atoms with E-state index in [2.05, 4.69) is 0 Å². The van der Waals surface area contributed by atoms with Gasteiger partial charge in [-0.15, -0.1) is 0 Å². The van der Waals surface area contributed by atoms with E-state index in [1.54, 1.807) is 24.3 Å². The first-order valence-corrected chi connectivity index (χ1v) is 10.8. The number of hydrogen-bond donors (Lipinski definition) is 0. The summed E-state index contributed by atoms with van der Waals surface area (Å²) in [5, 5.41) is 0. The van der Waals surface area contributed by atoms with Gasteiger partial charge in [-0.1, -0.05) is 6.07 Å². The third-order valence-corrected chi connectivity index (χ3v) is 5.96. The zero-order valence-electron chi connectivity index (χ0n) is 17.4. The van der Waals surface area contributed by atoms with Crippen molar-refractivity contribution in [2.24, 2.45) is 5.92 Å². The van der Waals surface area contributed by atoms with Gasteiger partial charge in [0.2, 0.25) is 0 Å². The Morgan fingerprint density at radius 2 is 1.52 bits per heavy atom. The van der Waals surface area contributed by atoms with E-state index in [9.17, 15) is 18.4 Å². The highest BCUT2D eigenvalue weighted by Crippen LogP contribution is 2.23. The van der Waals surface area contributed by atoms with Crippen LogP contribution < -0.4 is 4.74 Å². The molecule has 7 heteroatoms. The minimum atomic E-state index is -0.841. The van der Waals surface area contributed by atoms with E-state index in [0.29, 0.717) is 31.0 Å². The predicted octanol–water partition coefficient (Wildman–Crippen LogP) is 4.13. The SMILES string of the molecule is O=C(c1ccc(OC[C@@H]2CCCN(C(=O)c3c(F)cccc3F)C2)cc1)N1CCCC1. The monoisotopic (exact) mass is 428 g/mol. The second-order valence-electron chi connectivity index (χ2n) is 8.19. The number of nitrogens with zero attached hydrogens (tertiary/aromatic N) is 2. The van der Waals surface area contributed by atoms with Gasteiger partial charge in [0, 0.05) is 37.7 Å². The fraction of sp³-hybridized carbons (Fsp3) is 0.417. The van der Waals surface area contributed by atoms with Gasteiger partial charge in [0.1, 0.15) is 22.9 Å². The molecule has 0 N–H and O–H groups in total. The second kappa shape index (κ2) is 9.45. The van der Waals surface area contributed by atoms with Gasteiger partial charge in [-0.05, 0) is 62.1 Å². The molecule has 2 heterocycles. The van der Waals surface area contributed by atoms with Gasteiger partial charge < -0.3 is 14.5 Å². The topological polar surface area (TPSA) is 49.9 Å². The zero-order chi connectivity index (χ0) is 21.8. The number of carbonyl (C=O) groups excluding carboxylic acids is 2. The summed E-state index contributed by atoms with van der Waals surface area (Å²) < 4.78 is 33.8. The van der Waals surface area contributed by atoms with E-state index in [0.717, 1.165) is 50.9 Å². The van der Waals surface area contributed by atoms with Crippen molar-refractivity contribution >= 4 is 11.8 Å². The summed E-state index contributed by atoms with van der Waals surface area (Å²) in [4.78, 5) is 28.4. The number of ether oxygens (including phenoxy) is 1. The Balaban J connectivity index is 1.32. The number of amides is 2. The molecule has 0 aliphatic carbocycles. The molecule has 0 bridgehead atoms. The van der Waals surface area contributed by atoms with Crippen LogP contribution in [-0.4, -0.2) is 54.4 Å². The first-order chi connectivity index (χ1) is 15.0. The van der Waals surface area contributed by atoms with E-state index in [-0.39, 0.29) is 11.8 Å². The van der Waals surface area contributed by atoms with Crippen LogP contribution in [0.2, 0.25) is 0 Å². The summed E-state index contributed by atoms with van der Waals surface area (Å²) in [6.45, 7) is 2.87. The van der Waals surface area contributed by atoms with Crippen LogP contribution in [0.15, 0.2) is 42.5 Å². The molecule has 2 aliphatic rings. The second-order valence-corrected chi connectivity index (χ2v) is 8.19. The summed E-state index contributed by atoms with van der Waals surface area (Å²) in [6, 6.07) is 10.5. The third-order valence-electron chi connectivity index (χ3n) is 5.96. The molecule has 31 heavy (non-hydrogen) atoms. The molecular weight excluding hydrogens is 402 g/mol. The minimum Gasteiger partial charge on any atom is -0.493 e. The number of piperidine rings is 1. The molecule has 5 nitrogen and oxygen atoms in total. The van der Waals surface area contributed by atoms with Crippen molar-refractivity contribution in [3.63, 3.8) is 0 Å². The van der Waals surface area contributed by atoms with Crippen molar-refractivity contribution in [2.45, 2.75) is 25.7 Å². The van der Waals surface area contributed by atoms with E-state index < -0.39 is 23.1 Å². The van der Waals surface area contributed by atoms with Crippen LogP contribution >= 0.6 is 0 Å². The van der Waals surface area contributed by atoms with Gasteiger partial charge in [0.05, 0.1) is 6.61 Å². The lowest BCUT2D eigenvalue weighted by molar-refractivity contribution is 0.0623. The lowest BCUT2D eigenvalue weighted by atomic mass is 9.98. The number of carbonyl (C=O) groups is 2. The van der Waals surface area contributed by atoms with Gasteiger partial charge in [-0.3, -0.25) is 9.59 Å². The molecule has 164 valence electrons. The first kappa shape index (κ1) is 21.3. The molecule has 0 radical (unpaired) electrons. The van der Waals surface area contributed by atoms with Crippen LogP contribution in [-0.2, 0) is 0 Å². The maximum absolute atomic E-state index is 14.0. The molecule has 2 aromatic carbocycles. The summed E-state index contributed by atoms with van der Waals surface area (Å²) >= 11 is 0. The first-order valence-electron chi connectivity index (χ1n) is 10.8. The van der Waals surface area contributed by atoms with E-state index in [1.807, 2.05) is 4.90 Å². The van der Waals surface area contributed by atoms with Crippen LogP contribution in [0, 0.1) is 17.6 Å². The van der Waals surface area contributed by atoms with Crippen LogP contribution in [0.25, 0.3) is 0 Å². The number of likely N-dealkylation sites (tertiary alicyclic amines) is 2. The molecule has 2 fully saturated rings. The Kier molecular flexibility index (Phi) is 6.49. The molecule has 0 spiro atoms. The largest absolute Gasteiger partial charge is 0.493 e. The van der Waals surface area contributed by atoms with Crippen molar-refractivity contribution in [1.82, 2.24) is 9.80 Å². The van der Waals surface area contributed by atoms with Crippen LogP contribution in [0.3, 0.4) is 0 Å². The third kappa shape index (κ3) is 4.86. The van der Waals surface area contributed by atoms with Gasteiger partial charge in [-0.2, -0.15) is 0 Å². The maximum atomic E-state index is 14.0. The van der Waals surface area contributed by atoms with Crippen LogP contribution in [0.1, 0.15) is 46.4 Å². The fourth-order valence-electron chi connectivity index (χ4n) is 4.26. The van der Waals surface area contributed by atoms with Crippen molar-refractivity contribution in [2.75, 3.05) is 32.8 Å². The van der Waals surface area contributed by atoms with E-state index in [4.69, 9.17) is 4.74 Å². The smallest absolute Gasteiger partial charge is 0.259 e. The van der Waals surface area contributed by atoms with E-state index >= 15 is 0 Å². The Labute approximate surface area is 180 Å². The number of rotatable bonds is 5. The Bertz CT molecular complexity index is 922. The summed E-state index contributed by atoms with van der Waals surface area (Å²) in [5.41, 5.74) is 0.151. The maximum Gasteiger partial charge on any atom is 0.259 e. The standard InChI is InChI=1S/C24H26F2N2O3/c25-20-6-3-7-21(26)22(20)24(30)28-14-4-5-17(15-28)16-31-19-10-8-18(9-11-19)23(29)27-12-1-2-13-27/h3,6-11,17H,1-2,4-5,12-16H2/t17-/m1/s1. The fourth-order valence-corrected chi connectivity index (χ4v) is 4.26. The lowest BCUT2D eigenvalue weighted by Gasteiger charge is -2.32. The molecule has 2 aliphatic heterocycles. The molecule has 0 aromatic heterocycles. The van der Waals surface area contributed by atoms with Gasteiger partial charge in [-0.25, -0.2) is 8.78 Å². The Morgan fingerprint density at radius 3 is 2.19 bits per heavy atom. The average Bonchev–Trinajstić information content (AvgIpc) is 3.32. The number of halogens is 2. The molecule has 1 atom stereocenters. The zero-order valence-corrected chi connectivity index (χ0v) is 17.4. The molecule has 2 saturated heterocycles. The van der Waals surface area contributed by atoms with Crippen molar-refractivity contribution in [1.29, 1.82) is 0 Å². The summed E-state index contributed by atoms with van der Waals surface area (Å²) in [5.74, 6) is -1.53. The van der Waals surface area contributed by atoms with Crippen LogP contribution in [0.5, 0.6) is 5.75 Å². The lowest BCUT2D eigenvalue weighted by Crippen LogP contribution is -2.42. The molecule has 0 saturated carbocycles. The quantitative estimate of drug-likeness (QED) is 0.720. The number of hydrogen-bond acceptors (Lipinski definition) is 3. The van der Waals surface area contributed by atoms with Gasteiger partial charge in [0.15, 0.2) is 0 Å². The number of benzene rings is 2. The van der Waals surface area contributed by atoms with Crippen LogP contribution in [0.4, 0.5) is 8.78 Å². The Hall–Kier alpha value is -2.96. The molecule has 4 rings (SSSR count). The van der Waals surface area contributed by atoms with Crippen molar-refractivity contribution in [3.8, 4) is 5.75 Å². The van der Waals surface area contributed by atoms with Gasteiger partial charge in [0.25, 0.3) is 11.8 Å². The summed E-state index contributed by atoms with van der Waals surface area (Å²) in [7, 11) is 0. The average molecular weight is 428 g/mol. The normalized spacial score (nSPS) is 18.8. The highest BCUT2D eigenvalue weighted by molar-refractivity contribution is 5.95. The molecule has 0 unspecified atom stereocenters. The highest BCUT2D eigenvalue weighted by Gasteiger charge is 2.28. The Morgan fingerprint density at radius 1 is 0.871 bits per heavy atom. The predicted molar refractivity (Wildman–Crippen MR) is 112 cm³/mol. The summed E-state index contributed by atoms with van der Waals surface area (Å²) in [6.07, 6.45) is 3.73. The molecule has 2 amide bonds. The van der Waals surface area contributed by atoms with Gasteiger partial charge >= 0.3 is 0 Å². The molecular formula is C24H26F2N2O3. The van der Waals surface area contributed by atoms with Crippen molar-refractivity contribution < 1.29 is 23.1 Å². The van der Waals surface area contributed by atoms with Crippen molar-refractivity contribution in [3.05, 3.63) is 65.2 Å².